The summed E-state index contributed by atoms with van der Waals surface area (Å²) in [5.41, 5.74) is 1.95. The number of ether oxygens (including phenoxy) is 1. The number of rotatable bonds is 3. The van der Waals surface area contributed by atoms with Gasteiger partial charge in [-0.15, -0.1) is 11.3 Å². The first kappa shape index (κ1) is 14.5. The summed E-state index contributed by atoms with van der Waals surface area (Å²) in [6, 6.07) is 7.18. The lowest BCUT2D eigenvalue weighted by molar-refractivity contribution is 0.00696. The topological polar surface area (TPSA) is 51.2 Å². The number of thiazole rings is 1. The van der Waals surface area contributed by atoms with Crippen molar-refractivity contribution in [3.05, 3.63) is 40.9 Å². The molecule has 1 aromatic carbocycles. The molecule has 0 spiro atoms. The number of nitrogens with zero attached hydrogens (tertiary/aromatic N) is 1. The van der Waals surface area contributed by atoms with Gasteiger partial charge < -0.3 is 10.1 Å². The van der Waals surface area contributed by atoms with Crippen LogP contribution in [-0.4, -0.2) is 16.6 Å². The molecule has 0 radical (unpaired) electrons. The van der Waals surface area contributed by atoms with E-state index < -0.39 is 5.60 Å². The van der Waals surface area contributed by atoms with Crippen molar-refractivity contribution in [1.29, 1.82) is 0 Å². The highest BCUT2D eigenvalue weighted by atomic mass is 32.1. The van der Waals surface area contributed by atoms with Gasteiger partial charge in [-0.25, -0.2) is 9.78 Å². The van der Waals surface area contributed by atoms with Crippen molar-refractivity contribution < 1.29 is 9.53 Å². The normalized spacial score (nSPS) is 11.2. The third-order valence-corrected chi connectivity index (χ3v) is 3.27. The number of carbonyl (C=O) groups excluding carboxylic acids is 1. The Hall–Kier alpha value is -1.88. The van der Waals surface area contributed by atoms with Gasteiger partial charge in [0.05, 0.1) is 11.3 Å². The Morgan fingerprint density at radius 1 is 1.25 bits per heavy atom. The maximum absolute atomic E-state index is 11.9. The van der Waals surface area contributed by atoms with Crippen molar-refractivity contribution in [2.24, 2.45) is 0 Å². The van der Waals surface area contributed by atoms with Gasteiger partial charge in [-0.3, -0.25) is 0 Å². The highest BCUT2D eigenvalue weighted by Crippen LogP contribution is 2.21. The van der Waals surface area contributed by atoms with Gasteiger partial charge >= 0.3 is 5.97 Å². The SMILES string of the molecule is Cc1csc(Nc2ccc(C(=O)OC(C)(C)C)cc2)n1. The molecule has 1 N–H and O–H groups in total. The van der Waals surface area contributed by atoms with Gasteiger partial charge in [0.1, 0.15) is 5.60 Å². The van der Waals surface area contributed by atoms with Gasteiger partial charge in [-0.1, -0.05) is 0 Å². The molecule has 0 unspecified atom stereocenters. The van der Waals surface area contributed by atoms with Gasteiger partial charge in [0.2, 0.25) is 0 Å². The van der Waals surface area contributed by atoms with Crippen LogP contribution in [0.2, 0.25) is 0 Å². The molecule has 1 heterocycles. The second-order valence-corrected chi connectivity index (χ2v) is 6.36. The zero-order chi connectivity index (χ0) is 14.8. The molecule has 0 amide bonds. The summed E-state index contributed by atoms with van der Waals surface area (Å²) in [6.07, 6.45) is 0. The van der Waals surface area contributed by atoms with Crippen molar-refractivity contribution >= 4 is 28.1 Å². The van der Waals surface area contributed by atoms with Crippen LogP contribution in [0.25, 0.3) is 0 Å². The molecule has 0 aliphatic carbocycles. The molecule has 0 saturated heterocycles. The van der Waals surface area contributed by atoms with Crippen LogP contribution < -0.4 is 5.32 Å². The molecule has 1 aromatic heterocycles. The van der Waals surface area contributed by atoms with E-state index in [0.29, 0.717) is 5.56 Å². The molecule has 5 heteroatoms. The summed E-state index contributed by atoms with van der Waals surface area (Å²) >= 11 is 1.55. The summed E-state index contributed by atoms with van der Waals surface area (Å²) in [4.78, 5) is 16.2. The average Bonchev–Trinajstić information content (AvgIpc) is 2.73. The molecule has 0 aliphatic rings. The minimum Gasteiger partial charge on any atom is -0.456 e. The second-order valence-electron chi connectivity index (χ2n) is 5.50. The molecular formula is C15H18N2O2S. The molecule has 106 valence electrons. The number of hydrogen-bond donors (Lipinski definition) is 1. The van der Waals surface area contributed by atoms with E-state index in [-0.39, 0.29) is 5.97 Å². The predicted molar refractivity (Wildman–Crippen MR) is 81.7 cm³/mol. The van der Waals surface area contributed by atoms with E-state index in [1.54, 1.807) is 23.5 Å². The molecular weight excluding hydrogens is 272 g/mol. The van der Waals surface area contributed by atoms with Gasteiger partial charge in [0, 0.05) is 11.1 Å². The lowest BCUT2D eigenvalue weighted by Gasteiger charge is -2.19. The Bertz CT molecular complexity index is 597. The zero-order valence-corrected chi connectivity index (χ0v) is 12.9. The van der Waals surface area contributed by atoms with Crippen LogP contribution >= 0.6 is 11.3 Å². The number of benzene rings is 1. The number of aryl methyl sites for hydroxylation is 1. The number of anilines is 2. The minimum atomic E-state index is -0.480. The molecule has 0 saturated carbocycles. The molecule has 2 rings (SSSR count). The Kier molecular flexibility index (Phi) is 4.09. The van der Waals surface area contributed by atoms with Crippen molar-refractivity contribution in [2.45, 2.75) is 33.3 Å². The third-order valence-electron chi connectivity index (χ3n) is 2.39. The smallest absolute Gasteiger partial charge is 0.338 e. The number of nitrogens with one attached hydrogen (secondary N) is 1. The van der Waals surface area contributed by atoms with Crippen LogP contribution in [0.15, 0.2) is 29.6 Å². The van der Waals surface area contributed by atoms with Crippen LogP contribution in [0.3, 0.4) is 0 Å². The van der Waals surface area contributed by atoms with E-state index in [2.05, 4.69) is 10.3 Å². The third kappa shape index (κ3) is 4.06. The Morgan fingerprint density at radius 3 is 2.40 bits per heavy atom. The number of aromatic nitrogens is 1. The molecule has 0 bridgehead atoms. The monoisotopic (exact) mass is 290 g/mol. The van der Waals surface area contributed by atoms with E-state index >= 15 is 0 Å². The summed E-state index contributed by atoms with van der Waals surface area (Å²) < 4.78 is 5.32. The Morgan fingerprint density at radius 2 is 1.90 bits per heavy atom. The fourth-order valence-electron chi connectivity index (χ4n) is 1.56. The van der Waals surface area contributed by atoms with Crippen molar-refractivity contribution in [3.63, 3.8) is 0 Å². The first-order valence-electron chi connectivity index (χ1n) is 6.36. The minimum absolute atomic E-state index is 0.311. The standard InChI is InChI=1S/C15H18N2O2S/c1-10-9-20-14(16-10)17-12-7-5-11(6-8-12)13(18)19-15(2,3)4/h5-9H,1-4H3,(H,16,17). The van der Waals surface area contributed by atoms with Crippen LogP contribution in [0, 0.1) is 6.92 Å². The molecule has 0 aliphatic heterocycles. The van der Waals surface area contributed by atoms with Crippen LogP contribution in [0.5, 0.6) is 0 Å². The fourth-order valence-corrected chi connectivity index (χ4v) is 2.27. The largest absolute Gasteiger partial charge is 0.456 e. The van der Waals surface area contributed by atoms with E-state index in [9.17, 15) is 4.79 Å². The van der Waals surface area contributed by atoms with Crippen molar-refractivity contribution in [1.82, 2.24) is 4.98 Å². The Labute approximate surface area is 122 Å². The van der Waals surface area contributed by atoms with Gasteiger partial charge in [-0.05, 0) is 52.0 Å². The van der Waals surface area contributed by atoms with Crippen LogP contribution in [0.4, 0.5) is 10.8 Å². The zero-order valence-electron chi connectivity index (χ0n) is 12.1. The number of carbonyl (C=O) groups is 1. The lowest BCUT2D eigenvalue weighted by atomic mass is 10.1. The highest BCUT2D eigenvalue weighted by molar-refractivity contribution is 7.13. The highest BCUT2D eigenvalue weighted by Gasteiger charge is 2.17. The average molecular weight is 290 g/mol. The van der Waals surface area contributed by atoms with E-state index in [1.165, 1.54) is 0 Å². The van der Waals surface area contributed by atoms with Gasteiger partial charge in [0.25, 0.3) is 0 Å². The number of hydrogen-bond acceptors (Lipinski definition) is 5. The van der Waals surface area contributed by atoms with E-state index in [0.717, 1.165) is 16.5 Å². The number of esters is 1. The summed E-state index contributed by atoms with van der Waals surface area (Å²) in [5.74, 6) is -0.311. The molecule has 4 nitrogen and oxygen atoms in total. The maximum atomic E-state index is 11.9. The van der Waals surface area contributed by atoms with Gasteiger partial charge in [0.15, 0.2) is 5.13 Å². The van der Waals surface area contributed by atoms with Crippen molar-refractivity contribution in [2.75, 3.05) is 5.32 Å². The van der Waals surface area contributed by atoms with Gasteiger partial charge in [-0.2, -0.15) is 0 Å². The molecule has 0 atom stereocenters. The summed E-state index contributed by atoms with van der Waals surface area (Å²) in [7, 11) is 0. The summed E-state index contributed by atoms with van der Waals surface area (Å²) in [6.45, 7) is 7.51. The first-order valence-corrected chi connectivity index (χ1v) is 7.24. The lowest BCUT2D eigenvalue weighted by Crippen LogP contribution is -2.23. The Balaban J connectivity index is 2.04. The maximum Gasteiger partial charge on any atom is 0.338 e. The van der Waals surface area contributed by atoms with Crippen molar-refractivity contribution in [3.8, 4) is 0 Å². The molecule has 20 heavy (non-hydrogen) atoms. The van der Waals surface area contributed by atoms with Crippen LogP contribution in [-0.2, 0) is 4.74 Å². The molecule has 2 aromatic rings. The quantitative estimate of drug-likeness (QED) is 0.863. The summed E-state index contributed by atoms with van der Waals surface area (Å²) in [5, 5.41) is 6.02. The van der Waals surface area contributed by atoms with E-state index in [1.807, 2.05) is 45.2 Å². The van der Waals surface area contributed by atoms with Crippen LogP contribution in [0.1, 0.15) is 36.8 Å². The second kappa shape index (κ2) is 5.63. The molecule has 0 fully saturated rings. The predicted octanol–water partition coefficient (Wildman–Crippen LogP) is 4.15. The first-order chi connectivity index (χ1) is 9.33. The fraction of sp³-hybridized carbons (Fsp3) is 0.333. The van der Waals surface area contributed by atoms with E-state index in [4.69, 9.17) is 4.74 Å².